The number of benzene rings is 1. The molecule has 0 aliphatic carbocycles. The molecule has 0 fully saturated rings. The summed E-state index contributed by atoms with van der Waals surface area (Å²) in [6.45, 7) is 1.95. The molecular formula is C14H19F3O3S. The lowest BCUT2D eigenvalue weighted by Gasteiger charge is -2.12. The van der Waals surface area contributed by atoms with Crippen molar-refractivity contribution in [2.75, 3.05) is 6.61 Å². The molecule has 0 saturated heterocycles. The summed E-state index contributed by atoms with van der Waals surface area (Å²) in [6, 6.07) is 4.03. The summed E-state index contributed by atoms with van der Waals surface area (Å²) in [6.07, 6.45) is -0.368. The molecule has 0 aliphatic rings. The first-order chi connectivity index (χ1) is 9.79. The quantitative estimate of drug-likeness (QED) is 0.526. The Morgan fingerprint density at radius 3 is 2.29 bits per heavy atom. The van der Waals surface area contributed by atoms with Crippen LogP contribution in [0.25, 0.3) is 0 Å². The smallest absolute Gasteiger partial charge is 0.266 e. The minimum absolute atomic E-state index is 0.0990. The number of alkyl halides is 3. The van der Waals surface area contributed by atoms with Crippen molar-refractivity contribution in [3.05, 3.63) is 29.8 Å². The van der Waals surface area contributed by atoms with Gasteiger partial charge < -0.3 is 0 Å². The van der Waals surface area contributed by atoms with Crippen molar-refractivity contribution in [1.82, 2.24) is 0 Å². The number of halogens is 3. The molecule has 0 unspecified atom stereocenters. The average Bonchev–Trinajstić information content (AvgIpc) is 2.42. The van der Waals surface area contributed by atoms with Gasteiger partial charge in [0.2, 0.25) is 0 Å². The predicted octanol–water partition coefficient (Wildman–Crippen LogP) is 4.38. The highest BCUT2D eigenvalue weighted by molar-refractivity contribution is 7.86. The monoisotopic (exact) mass is 324 g/mol. The lowest BCUT2D eigenvalue weighted by atomic mass is 10.2. The predicted molar refractivity (Wildman–Crippen MR) is 73.3 cm³/mol. The van der Waals surface area contributed by atoms with Crippen molar-refractivity contribution >= 4 is 10.1 Å². The van der Waals surface area contributed by atoms with Crippen LogP contribution in [0.2, 0.25) is 0 Å². The van der Waals surface area contributed by atoms with E-state index in [9.17, 15) is 21.6 Å². The van der Waals surface area contributed by atoms with Gasteiger partial charge in [0, 0.05) is 0 Å². The van der Waals surface area contributed by atoms with Gasteiger partial charge in [-0.05, 0) is 18.6 Å². The molecule has 0 spiro atoms. The number of hydrogen-bond acceptors (Lipinski definition) is 3. The molecule has 7 heteroatoms. The average molecular weight is 324 g/mol. The van der Waals surface area contributed by atoms with Crippen molar-refractivity contribution in [2.45, 2.75) is 50.1 Å². The molecule has 0 atom stereocenters. The highest BCUT2D eigenvalue weighted by atomic mass is 32.2. The fourth-order valence-corrected chi connectivity index (χ4v) is 3.02. The molecule has 0 aromatic heterocycles. The fourth-order valence-electron chi connectivity index (χ4n) is 1.86. The third-order valence-electron chi connectivity index (χ3n) is 2.95. The molecular weight excluding hydrogens is 305 g/mol. The van der Waals surface area contributed by atoms with Gasteiger partial charge >= 0.3 is 6.18 Å². The minimum Gasteiger partial charge on any atom is -0.266 e. The zero-order valence-corrected chi connectivity index (χ0v) is 12.6. The van der Waals surface area contributed by atoms with Crippen molar-refractivity contribution < 1.29 is 25.8 Å². The molecule has 0 amide bonds. The third kappa shape index (κ3) is 5.67. The molecule has 0 N–H and O–H groups in total. The van der Waals surface area contributed by atoms with E-state index in [1.165, 1.54) is 6.07 Å². The Bertz CT molecular complexity index is 539. The second-order valence-corrected chi connectivity index (χ2v) is 6.27. The molecule has 0 heterocycles. The Balaban J connectivity index is 2.71. The van der Waals surface area contributed by atoms with Crippen LogP contribution in [0.1, 0.15) is 44.6 Å². The summed E-state index contributed by atoms with van der Waals surface area (Å²) in [5, 5.41) is 0. The maximum Gasteiger partial charge on any atom is 0.417 e. The lowest BCUT2D eigenvalue weighted by molar-refractivity contribution is -0.140. The first-order valence-electron chi connectivity index (χ1n) is 6.84. The van der Waals surface area contributed by atoms with Gasteiger partial charge in [-0.25, -0.2) is 0 Å². The second-order valence-electron chi connectivity index (χ2n) is 4.68. The van der Waals surface area contributed by atoms with Crippen LogP contribution >= 0.6 is 0 Å². The first kappa shape index (κ1) is 18.0. The molecule has 21 heavy (non-hydrogen) atoms. The van der Waals surface area contributed by atoms with E-state index in [1.807, 2.05) is 0 Å². The second kappa shape index (κ2) is 7.79. The van der Waals surface area contributed by atoms with Crippen molar-refractivity contribution in [2.24, 2.45) is 0 Å². The van der Waals surface area contributed by atoms with Crippen molar-refractivity contribution in [3.63, 3.8) is 0 Å². The van der Waals surface area contributed by atoms with E-state index in [0.717, 1.165) is 43.9 Å². The Morgan fingerprint density at radius 2 is 1.67 bits per heavy atom. The van der Waals surface area contributed by atoms with E-state index in [1.54, 1.807) is 0 Å². The van der Waals surface area contributed by atoms with Crippen LogP contribution in [-0.4, -0.2) is 15.0 Å². The van der Waals surface area contributed by atoms with Gasteiger partial charge in [0.05, 0.1) is 12.2 Å². The SMILES string of the molecule is CCCCCCCOS(=O)(=O)c1ccccc1C(F)(F)F. The third-order valence-corrected chi connectivity index (χ3v) is 4.32. The summed E-state index contributed by atoms with van der Waals surface area (Å²) in [5.74, 6) is 0. The van der Waals surface area contributed by atoms with Crippen LogP contribution in [-0.2, 0) is 20.5 Å². The van der Waals surface area contributed by atoms with E-state index in [2.05, 4.69) is 6.92 Å². The van der Waals surface area contributed by atoms with E-state index in [-0.39, 0.29) is 6.61 Å². The lowest BCUT2D eigenvalue weighted by Crippen LogP contribution is -2.15. The van der Waals surface area contributed by atoms with E-state index < -0.39 is 26.8 Å². The van der Waals surface area contributed by atoms with Crippen LogP contribution in [0.4, 0.5) is 13.2 Å². The zero-order valence-electron chi connectivity index (χ0n) is 11.8. The van der Waals surface area contributed by atoms with Gasteiger partial charge in [-0.3, -0.25) is 4.18 Å². The highest BCUT2D eigenvalue weighted by Crippen LogP contribution is 2.34. The van der Waals surface area contributed by atoms with E-state index >= 15 is 0 Å². The number of hydrogen-bond donors (Lipinski definition) is 0. The molecule has 1 aromatic rings. The molecule has 0 saturated carbocycles. The van der Waals surface area contributed by atoms with Gasteiger partial charge in [0.15, 0.2) is 0 Å². The van der Waals surface area contributed by atoms with Crippen molar-refractivity contribution in [1.29, 1.82) is 0 Å². The maximum atomic E-state index is 12.8. The minimum atomic E-state index is -4.73. The summed E-state index contributed by atoms with van der Waals surface area (Å²) < 4.78 is 66.8. The van der Waals surface area contributed by atoms with Crippen LogP contribution < -0.4 is 0 Å². The summed E-state index contributed by atoms with van der Waals surface area (Å²) in [5.41, 5.74) is -1.20. The molecule has 1 aromatic carbocycles. The topological polar surface area (TPSA) is 43.4 Å². The van der Waals surface area contributed by atoms with Crippen LogP contribution in [0.3, 0.4) is 0 Å². The molecule has 1 rings (SSSR count). The molecule has 0 radical (unpaired) electrons. The summed E-state index contributed by atoms with van der Waals surface area (Å²) in [4.78, 5) is -0.828. The van der Waals surface area contributed by atoms with Gasteiger partial charge in [0.1, 0.15) is 4.90 Å². The fraction of sp³-hybridized carbons (Fsp3) is 0.571. The van der Waals surface area contributed by atoms with Gasteiger partial charge in [0.25, 0.3) is 10.1 Å². The first-order valence-corrected chi connectivity index (χ1v) is 8.25. The maximum absolute atomic E-state index is 12.8. The summed E-state index contributed by atoms with van der Waals surface area (Å²) >= 11 is 0. The van der Waals surface area contributed by atoms with Crippen LogP contribution in [0.15, 0.2) is 29.2 Å². The number of unbranched alkanes of at least 4 members (excludes halogenated alkanes) is 4. The van der Waals surface area contributed by atoms with E-state index in [4.69, 9.17) is 4.18 Å². The Morgan fingerprint density at radius 1 is 1.05 bits per heavy atom. The van der Waals surface area contributed by atoms with Gasteiger partial charge in [-0.2, -0.15) is 21.6 Å². The summed E-state index contributed by atoms with van der Waals surface area (Å²) in [7, 11) is -4.39. The standard InChI is InChI=1S/C14H19F3O3S/c1-2-3-4-5-8-11-20-21(18,19)13-10-7-6-9-12(13)14(15,16)17/h6-7,9-10H,2-5,8,11H2,1H3. The zero-order chi connectivity index (χ0) is 15.9. The highest BCUT2D eigenvalue weighted by Gasteiger charge is 2.37. The Kier molecular flexibility index (Phi) is 6.67. The van der Waals surface area contributed by atoms with Crippen LogP contribution in [0.5, 0.6) is 0 Å². The molecule has 0 aliphatic heterocycles. The largest absolute Gasteiger partial charge is 0.417 e. The number of rotatable bonds is 8. The van der Waals surface area contributed by atoms with Gasteiger partial charge in [-0.1, -0.05) is 44.7 Å². The normalized spacial score (nSPS) is 12.6. The van der Waals surface area contributed by atoms with Crippen molar-refractivity contribution in [3.8, 4) is 0 Å². The van der Waals surface area contributed by atoms with Gasteiger partial charge in [-0.15, -0.1) is 0 Å². The molecule has 3 nitrogen and oxygen atoms in total. The van der Waals surface area contributed by atoms with Crippen LogP contribution in [0, 0.1) is 0 Å². The molecule has 120 valence electrons. The molecule has 0 bridgehead atoms. The Hall–Kier alpha value is -1.08. The van der Waals surface area contributed by atoms with E-state index in [0.29, 0.717) is 6.42 Å². The Labute approximate surface area is 123 Å².